The molecular formula is C20H28N6. The van der Waals surface area contributed by atoms with E-state index in [-0.39, 0.29) is 0 Å². The number of nitriles is 1. The first kappa shape index (κ1) is 18.4. The van der Waals surface area contributed by atoms with Gasteiger partial charge in [0, 0.05) is 32.5 Å². The maximum absolute atomic E-state index is 9.59. The smallest absolute Gasteiger partial charge is 0.146 e. The minimum atomic E-state index is 0.329. The topological polar surface area (TPSA) is 61.0 Å². The molecule has 1 fully saturated rings. The molecule has 0 N–H and O–H groups in total. The quantitative estimate of drug-likeness (QED) is 0.847. The molecule has 0 aliphatic carbocycles. The summed E-state index contributed by atoms with van der Waals surface area (Å²) in [5.74, 6) is 1.25. The summed E-state index contributed by atoms with van der Waals surface area (Å²) < 4.78 is 2.12. The monoisotopic (exact) mass is 352 g/mol. The number of aryl methyl sites for hydroxylation is 3. The summed E-state index contributed by atoms with van der Waals surface area (Å²) in [7, 11) is 6.31. The fourth-order valence-electron chi connectivity index (χ4n) is 4.24. The van der Waals surface area contributed by atoms with Gasteiger partial charge in [-0.3, -0.25) is 4.90 Å². The Labute approximate surface area is 156 Å². The molecule has 0 spiro atoms. The van der Waals surface area contributed by atoms with Gasteiger partial charge >= 0.3 is 0 Å². The van der Waals surface area contributed by atoms with Crippen LogP contribution in [0.15, 0.2) is 18.6 Å². The maximum Gasteiger partial charge on any atom is 0.146 e. The largest absolute Gasteiger partial charge is 0.358 e. The summed E-state index contributed by atoms with van der Waals surface area (Å²) in [5.41, 5.74) is 3.87. The normalized spacial score (nSPS) is 20.8. The van der Waals surface area contributed by atoms with Gasteiger partial charge in [0.1, 0.15) is 11.9 Å². The van der Waals surface area contributed by atoms with Crippen molar-refractivity contribution in [2.45, 2.75) is 32.7 Å². The van der Waals surface area contributed by atoms with Crippen LogP contribution in [0, 0.1) is 31.1 Å². The van der Waals surface area contributed by atoms with Gasteiger partial charge in [-0.05, 0) is 57.8 Å². The number of imidazole rings is 1. The van der Waals surface area contributed by atoms with Crippen LogP contribution in [0.4, 0.5) is 5.82 Å². The molecule has 0 unspecified atom stereocenters. The van der Waals surface area contributed by atoms with E-state index < -0.39 is 0 Å². The zero-order valence-electron chi connectivity index (χ0n) is 16.4. The van der Waals surface area contributed by atoms with Gasteiger partial charge < -0.3 is 9.47 Å². The van der Waals surface area contributed by atoms with Gasteiger partial charge in [-0.2, -0.15) is 5.26 Å². The van der Waals surface area contributed by atoms with Gasteiger partial charge in [-0.1, -0.05) is 0 Å². The van der Waals surface area contributed by atoms with E-state index in [4.69, 9.17) is 0 Å². The Bertz CT molecular complexity index is 818. The SMILES string of the molecule is Cc1cc(C)c(C#N)c(N(C)C[C@@H]2CCCN(C)[C@H]2c2cncn2C)n1. The van der Waals surface area contributed by atoms with Crippen molar-refractivity contribution in [1.82, 2.24) is 19.4 Å². The van der Waals surface area contributed by atoms with E-state index in [0.29, 0.717) is 17.5 Å². The molecule has 1 aliphatic rings. The summed E-state index contributed by atoms with van der Waals surface area (Å²) in [6.07, 6.45) is 6.21. The van der Waals surface area contributed by atoms with Crippen LogP contribution in [0.25, 0.3) is 0 Å². The van der Waals surface area contributed by atoms with Crippen molar-refractivity contribution in [2.24, 2.45) is 13.0 Å². The first-order valence-electron chi connectivity index (χ1n) is 9.18. The Kier molecular flexibility index (Phi) is 5.28. The van der Waals surface area contributed by atoms with Crippen LogP contribution in [0.2, 0.25) is 0 Å². The third-order valence-corrected chi connectivity index (χ3v) is 5.47. The van der Waals surface area contributed by atoms with Gasteiger partial charge in [-0.25, -0.2) is 9.97 Å². The minimum absolute atomic E-state index is 0.329. The Morgan fingerprint density at radius 2 is 2.12 bits per heavy atom. The van der Waals surface area contributed by atoms with Crippen LogP contribution in [0.5, 0.6) is 0 Å². The molecule has 0 bridgehead atoms. The number of likely N-dealkylation sites (tertiary alicyclic amines) is 1. The second-order valence-corrected chi connectivity index (χ2v) is 7.53. The van der Waals surface area contributed by atoms with Crippen LogP contribution >= 0.6 is 0 Å². The molecule has 6 heteroatoms. The van der Waals surface area contributed by atoms with Gasteiger partial charge in [0.25, 0.3) is 0 Å². The molecule has 138 valence electrons. The van der Waals surface area contributed by atoms with Gasteiger partial charge in [0.15, 0.2) is 0 Å². The predicted octanol–water partition coefficient (Wildman–Crippen LogP) is 2.82. The highest BCUT2D eigenvalue weighted by Crippen LogP contribution is 2.36. The zero-order chi connectivity index (χ0) is 18.8. The summed E-state index contributed by atoms with van der Waals surface area (Å²) in [6, 6.07) is 4.64. The molecule has 0 amide bonds. The van der Waals surface area contributed by atoms with Gasteiger partial charge in [0.2, 0.25) is 0 Å². The van der Waals surface area contributed by atoms with E-state index >= 15 is 0 Å². The van der Waals surface area contributed by atoms with Crippen LogP contribution in [-0.2, 0) is 7.05 Å². The van der Waals surface area contributed by atoms with Crippen molar-refractivity contribution in [3.8, 4) is 6.07 Å². The van der Waals surface area contributed by atoms with Crippen LogP contribution in [0.1, 0.15) is 41.4 Å². The van der Waals surface area contributed by atoms with Crippen LogP contribution < -0.4 is 4.90 Å². The third kappa shape index (κ3) is 3.45. The van der Waals surface area contributed by atoms with Crippen molar-refractivity contribution in [3.63, 3.8) is 0 Å². The number of anilines is 1. The fourth-order valence-corrected chi connectivity index (χ4v) is 4.24. The van der Waals surface area contributed by atoms with Crippen molar-refractivity contribution in [2.75, 3.05) is 32.1 Å². The molecule has 2 aromatic rings. The van der Waals surface area contributed by atoms with E-state index in [9.17, 15) is 5.26 Å². The Morgan fingerprint density at radius 3 is 2.77 bits per heavy atom. The van der Waals surface area contributed by atoms with E-state index in [1.165, 1.54) is 12.1 Å². The number of pyridine rings is 1. The average molecular weight is 352 g/mol. The van der Waals surface area contributed by atoms with Crippen molar-refractivity contribution < 1.29 is 0 Å². The fraction of sp³-hybridized carbons (Fsp3) is 0.550. The highest BCUT2D eigenvalue weighted by molar-refractivity contribution is 5.57. The standard InChI is InChI=1S/C20H28N6/c1-14-9-15(2)23-20(17(14)10-21)25(4)12-16-7-6-8-24(3)19(16)18-11-22-13-26(18)5/h9,11,13,16,19H,6-8,12H2,1-5H3/t16-,19+/m0/s1. The predicted molar refractivity (Wildman–Crippen MR) is 103 cm³/mol. The second kappa shape index (κ2) is 7.46. The van der Waals surface area contributed by atoms with Crippen LogP contribution in [-0.4, -0.2) is 46.6 Å². The molecule has 1 saturated heterocycles. The number of rotatable bonds is 4. The number of hydrogen-bond acceptors (Lipinski definition) is 5. The number of piperidine rings is 1. The highest BCUT2D eigenvalue weighted by atomic mass is 15.2. The van der Waals surface area contributed by atoms with Crippen molar-refractivity contribution in [3.05, 3.63) is 41.1 Å². The van der Waals surface area contributed by atoms with Crippen LogP contribution in [0.3, 0.4) is 0 Å². The lowest BCUT2D eigenvalue weighted by molar-refractivity contribution is 0.118. The summed E-state index contributed by atoms with van der Waals surface area (Å²) in [6.45, 7) is 5.93. The summed E-state index contributed by atoms with van der Waals surface area (Å²) in [4.78, 5) is 13.6. The molecule has 0 aromatic carbocycles. The molecule has 2 atom stereocenters. The molecule has 3 rings (SSSR count). The van der Waals surface area contributed by atoms with Crippen molar-refractivity contribution >= 4 is 5.82 Å². The zero-order valence-corrected chi connectivity index (χ0v) is 16.4. The lowest BCUT2D eigenvalue weighted by Gasteiger charge is -2.41. The van der Waals surface area contributed by atoms with Gasteiger partial charge in [-0.15, -0.1) is 0 Å². The molecular weight excluding hydrogens is 324 g/mol. The molecule has 6 nitrogen and oxygen atoms in total. The summed E-state index contributed by atoms with van der Waals surface area (Å²) in [5, 5.41) is 9.59. The minimum Gasteiger partial charge on any atom is -0.358 e. The average Bonchev–Trinajstić information content (AvgIpc) is 3.00. The van der Waals surface area contributed by atoms with E-state index in [1.54, 1.807) is 0 Å². The lowest BCUT2D eigenvalue weighted by Crippen LogP contribution is -2.42. The molecule has 0 radical (unpaired) electrons. The van der Waals surface area contributed by atoms with E-state index in [0.717, 1.165) is 36.6 Å². The lowest BCUT2D eigenvalue weighted by atomic mass is 9.87. The number of hydrogen-bond donors (Lipinski definition) is 0. The molecule has 26 heavy (non-hydrogen) atoms. The first-order valence-corrected chi connectivity index (χ1v) is 9.18. The van der Waals surface area contributed by atoms with Gasteiger partial charge in [0.05, 0.1) is 23.6 Å². The maximum atomic E-state index is 9.59. The Hall–Kier alpha value is -2.39. The molecule has 0 saturated carbocycles. The van der Waals surface area contributed by atoms with Crippen molar-refractivity contribution in [1.29, 1.82) is 5.26 Å². The van der Waals surface area contributed by atoms with E-state index in [2.05, 4.69) is 51.5 Å². The number of aromatic nitrogens is 3. The Morgan fingerprint density at radius 1 is 1.35 bits per heavy atom. The Balaban J connectivity index is 1.89. The molecule has 1 aliphatic heterocycles. The first-order chi connectivity index (χ1) is 12.4. The highest BCUT2D eigenvalue weighted by Gasteiger charge is 2.33. The molecule has 2 aromatic heterocycles. The number of nitrogens with zero attached hydrogens (tertiary/aromatic N) is 6. The summed E-state index contributed by atoms with van der Waals surface area (Å²) >= 11 is 0. The molecule has 3 heterocycles. The van der Waals surface area contributed by atoms with E-state index in [1.807, 2.05) is 32.4 Å². The third-order valence-electron chi connectivity index (χ3n) is 5.47. The second-order valence-electron chi connectivity index (χ2n) is 7.53.